The van der Waals surface area contributed by atoms with Gasteiger partial charge in [-0.3, -0.25) is 0 Å². The van der Waals surface area contributed by atoms with Crippen molar-refractivity contribution in [2.24, 2.45) is 4.40 Å². The molecule has 0 radical (unpaired) electrons. The minimum absolute atomic E-state index is 0.671. The minimum Gasteiger partial charge on any atom is -0.232 e. The van der Waals surface area contributed by atoms with Crippen molar-refractivity contribution in [3.8, 4) is 0 Å². The molecule has 2 rings (SSSR count). The van der Waals surface area contributed by atoms with Crippen molar-refractivity contribution in [3.63, 3.8) is 0 Å². The van der Waals surface area contributed by atoms with E-state index in [9.17, 15) is 0 Å². The Bertz CT molecular complexity index is 697. The molecular formula is C21H24Cl3NS2. The third-order valence-electron chi connectivity index (χ3n) is 4.13. The first-order chi connectivity index (χ1) is 13.1. The summed E-state index contributed by atoms with van der Waals surface area (Å²) in [5.41, 5.74) is 2.38. The molecule has 1 nitrogen and oxygen atoms in total. The Balaban J connectivity index is 1.91. The van der Waals surface area contributed by atoms with Gasteiger partial charge in [-0.1, -0.05) is 47.1 Å². The monoisotopic (exact) mass is 459 g/mol. The SMILES string of the molecule is C=NSCCCCc1ccc(Sc2cc(Cl)c(CCCCCl)c(Cl)c2)cc1. The van der Waals surface area contributed by atoms with Gasteiger partial charge in [0.15, 0.2) is 0 Å². The van der Waals surface area contributed by atoms with Crippen LogP contribution in [0.4, 0.5) is 0 Å². The fourth-order valence-electron chi connectivity index (χ4n) is 2.69. The van der Waals surface area contributed by atoms with E-state index in [-0.39, 0.29) is 0 Å². The molecule has 0 atom stereocenters. The van der Waals surface area contributed by atoms with Crippen LogP contribution in [0.5, 0.6) is 0 Å². The Hall–Kier alpha value is -0.320. The van der Waals surface area contributed by atoms with Crippen LogP contribution in [0.25, 0.3) is 0 Å². The lowest BCUT2D eigenvalue weighted by Crippen LogP contribution is -1.91. The highest BCUT2D eigenvalue weighted by Crippen LogP contribution is 2.35. The van der Waals surface area contributed by atoms with Gasteiger partial charge in [-0.25, -0.2) is 4.40 Å². The first-order valence-electron chi connectivity index (χ1n) is 9.02. The van der Waals surface area contributed by atoms with Gasteiger partial charge in [0.1, 0.15) is 0 Å². The Morgan fingerprint density at radius 3 is 2.15 bits per heavy atom. The number of nitrogens with zero attached hydrogens (tertiary/aromatic N) is 1. The topological polar surface area (TPSA) is 12.4 Å². The van der Waals surface area contributed by atoms with Crippen LogP contribution >= 0.6 is 58.5 Å². The van der Waals surface area contributed by atoms with Gasteiger partial charge in [-0.15, -0.1) is 11.6 Å². The lowest BCUT2D eigenvalue weighted by molar-refractivity contribution is 0.799. The second kappa shape index (κ2) is 13.0. The average Bonchev–Trinajstić information content (AvgIpc) is 2.65. The van der Waals surface area contributed by atoms with Crippen molar-refractivity contribution in [3.05, 3.63) is 57.6 Å². The molecule has 2 aromatic rings. The molecule has 0 N–H and O–H groups in total. The van der Waals surface area contributed by atoms with Gasteiger partial charge in [0.2, 0.25) is 0 Å². The van der Waals surface area contributed by atoms with Gasteiger partial charge in [0.25, 0.3) is 0 Å². The number of hydrogen-bond donors (Lipinski definition) is 0. The summed E-state index contributed by atoms with van der Waals surface area (Å²) in [4.78, 5) is 2.25. The van der Waals surface area contributed by atoms with Crippen LogP contribution in [0.3, 0.4) is 0 Å². The Morgan fingerprint density at radius 2 is 1.52 bits per heavy atom. The molecule has 0 fully saturated rings. The van der Waals surface area contributed by atoms with Crippen molar-refractivity contribution in [1.29, 1.82) is 0 Å². The summed E-state index contributed by atoms with van der Waals surface area (Å²) >= 11 is 21.9. The third-order valence-corrected chi connectivity index (χ3v) is 6.70. The summed E-state index contributed by atoms with van der Waals surface area (Å²) in [6.45, 7) is 3.48. The van der Waals surface area contributed by atoms with Crippen molar-refractivity contribution in [2.45, 2.75) is 48.3 Å². The van der Waals surface area contributed by atoms with E-state index in [1.165, 1.54) is 28.8 Å². The fraction of sp³-hybridized carbons (Fsp3) is 0.381. The summed E-state index contributed by atoms with van der Waals surface area (Å²) in [7, 11) is 0. The standard InChI is InChI=1S/C21H24Cl3NS2/c1-25-26-13-5-3-6-16-8-10-17(11-9-16)27-18-14-20(23)19(21(24)15-18)7-2-4-12-22/h8-11,14-15H,1-7,12-13H2. The maximum Gasteiger partial charge on any atom is 0.0464 e. The molecule has 146 valence electrons. The Kier molecular flexibility index (Phi) is 11.1. The number of unbranched alkanes of at least 4 members (excludes halogenated alkanes) is 2. The van der Waals surface area contributed by atoms with Gasteiger partial charge in [0, 0.05) is 31.5 Å². The van der Waals surface area contributed by atoms with Crippen molar-refractivity contribution < 1.29 is 0 Å². The molecule has 0 aliphatic heterocycles. The van der Waals surface area contributed by atoms with E-state index in [2.05, 4.69) is 35.4 Å². The Labute approximate surface area is 186 Å². The van der Waals surface area contributed by atoms with E-state index in [0.717, 1.165) is 58.4 Å². The first-order valence-corrected chi connectivity index (χ1v) is 12.1. The van der Waals surface area contributed by atoms with E-state index >= 15 is 0 Å². The van der Waals surface area contributed by atoms with Crippen LogP contribution in [-0.2, 0) is 12.8 Å². The van der Waals surface area contributed by atoms with E-state index in [0.29, 0.717) is 5.88 Å². The highest BCUT2D eigenvalue weighted by molar-refractivity contribution is 7.99. The van der Waals surface area contributed by atoms with E-state index in [1.807, 2.05) is 12.1 Å². The van der Waals surface area contributed by atoms with E-state index in [1.54, 1.807) is 11.8 Å². The lowest BCUT2D eigenvalue weighted by Gasteiger charge is -2.10. The average molecular weight is 461 g/mol. The molecule has 6 heteroatoms. The zero-order chi connectivity index (χ0) is 19.5. The molecule has 0 aliphatic carbocycles. The van der Waals surface area contributed by atoms with Gasteiger partial charge >= 0.3 is 0 Å². The predicted octanol–water partition coefficient (Wildman–Crippen LogP) is 8.38. The van der Waals surface area contributed by atoms with Crippen molar-refractivity contribution in [1.82, 2.24) is 0 Å². The van der Waals surface area contributed by atoms with Crippen LogP contribution < -0.4 is 0 Å². The summed E-state index contributed by atoms with van der Waals surface area (Å²) in [5, 5.41) is 1.48. The largest absolute Gasteiger partial charge is 0.232 e. The van der Waals surface area contributed by atoms with Crippen LogP contribution in [-0.4, -0.2) is 18.4 Å². The number of benzene rings is 2. The van der Waals surface area contributed by atoms with Crippen molar-refractivity contribution >= 4 is 65.2 Å². The quantitative estimate of drug-likeness (QED) is 0.136. The molecule has 2 aromatic carbocycles. The molecule has 0 unspecified atom stereocenters. The lowest BCUT2D eigenvalue weighted by atomic mass is 10.1. The second-order valence-corrected chi connectivity index (χ2v) is 9.44. The smallest absolute Gasteiger partial charge is 0.0464 e. The molecule has 0 heterocycles. The zero-order valence-corrected chi connectivity index (χ0v) is 19.1. The maximum absolute atomic E-state index is 6.46. The molecular weight excluding hydrogens is 437 g/mol. The molecule has 0 aromatic heterocycles. The van der Waals surface area contributed by atoms with E-state index in [4.69, 9.17) is 34.8 Å². The van der Waals surface area contributed by atoms with Gasteiger partial charge < -0.3 is 0 Å². The molecule has 0 bridgehead atoms. The highest BCUT2D eigenvalue weighted by atomic mass is 35.5. The molecule has 27 heavy (non-hydrogen) atoms. The molecule has 0 aliphatic rings. The summed E-state index contributed by atoms with van der Waals surface area (Å²) in [6.07, 6.45) is 6.27. The third kappa shape index (κ3) is 8.29. The van der Waals surface area contributed by atoms with Crippen LogP contribution in [0.2, 0.25) is 10.0 Å². The number of aryl methyl sites for hydroxylation is 1. The zero-order valence-electron chi connectivity index (χ0n) is 15.2. The van der Waals surface area contributed by atoms with Gasteiger partial charge in [0.05, 0.1) is 0 Å². The molecule has 0 saturated carbocycles. The van der Waals surface area contributed by atoms with Crippen LogP contribution in [0.15, 0.2) is 50.6 Å². The number of alkyl halides is 1. The summed E-state index contributed by atoms with van der Waals surface area (Å²) < 4.78 is 3.81. The maximum atomic E-state index is 6.46. The summed E-state index contributed by atoms with van der Waals surface area (Å²) in [5.74, 6) is 1.71. The summed E-state index contributed by atoms with van der Waals surface area (Å²) in [6, 6.07) is 12.7. The van der Waals surface area contributed by atoms with Gasteiger partial charge in [-0.05, 0) is 92.6 Å². The number of halogens is 3. The van der Waals surface area contributed by atoms with Crippen LogP contribution in [0, 0.1) is 0 Å². The highest BCUT2D eigenvalue weighted by Gasteiger charge is 2.09. The fourth-order valence-corrected chi connectivity index (χ4v) is 5.05. The van der Waals surface area contributed by atoms with Crippen molar-refractivity contribution in [2.75, 3.05) is 11.6 Å². The Morgan fingerprint density at radius 1 is 0.852 bits per heavy atom. The molecule has 0 amide bonds. The van der Waals surface area contributed by atoms with Crippen LogP contribution in [0.1, 0.15) is 36.8 Å². The number of hydrogen-bond acceptors (Lipinski definition) is 3. The minimum atomic E-state index is 0.671. The molecule has 0 spiro atoms. The molecule has 0 saturated heterocycles. The normalized spacial score (nSPS) is 10.9. The predicted molar refractivity (Wildman–Crippen MR) is 126 cm³/mol. The number of rotatable bonds is 12. The van der Waals surface area contributed by atoms with E-state index < -0.39 is 0 Å². The first kappa shape index (κ1) is 23.0. The van der Waals surface area contributed by atoms with Gasteiger partial charge in [-0.2, -0.15) is 0 Å². The second-order valence-electron chi connectivity index (χ2n) is 6.18.